The lowest BCUT2D eigenvalue weighted by Gasteiger charge is -2.33. The third kappa shape index (κ3) is 4.14. The summed E-state index contributed by atoms with van der Waals surface area (Å²) in [6.45, 7) is 10.4. The van der Waals surface area contributed by atoms with Crippen LogP contribution in [0.2, 0.25) is 5.02 Å². The number of rotatable bonds is 4. The second-order valence-corrected chi connectivity index (χ2v) is 6.99. The van der Waals surface area contributed by atoms with Gasteiger partial charge in [-0.25, -0.2) is 9.97 Å². The van der Waals surface area contributed by atoms with Crippen LogP contribution in [0.15, 0.2) is 24.5 Å². The molecule has 3 rings (SSSR count). The number of amides is 1. The van der Waals surface area contributed by atoms with E-state index in [0.29, 0.717) is 16.5 Å². The zero-order chi connectivity index (χ0) is 18.7. The molecule has 138 valence electrons. The summed E-state index contributed by atoms with van der Waals surface area (Å²) in [6.07, 6.45) is 3.14. The number of aryl methyl sites for hydroxylation is 2. The maximum Gasteiger partial charge on any atom is 0.257 e. The largest absolute Gasteiger partial charge is 0.336 e. The quantitative estimate of drug-likeness (QED) is 0.891. The molecule has 26 heavy (non-hydrogen) atoms. The topological polar surface area (TPSA) is 61.4 Å². The van der Waals surface area contributed by atoms with Gasteiger partial charge in [0.1, 0.15) is 0 Å². The van der Waals surface area contributed by atoms with Crippen molar-refractivity contribution in [2.24, 2.45) is 0 Å². The standard InChI is InChI=1S/C19H24ClN5O/c1-4-24-5-7-25(8-6-24)18(26)15-11-21-19(22-12-15)23-17-14(3)9-13(2)10-16(17)20/h9-12H,4-8H2,1-3H3,(H,21,22,23). The Balaban J connectivity index is 1.68. The first-order valence-corrected chi connectivity index (χ1v) is 9.23. The highest BCUT2D eigenvalue weighted by Gasteiger charge is 2.21. The highest BCUT2D eigenvalue weighted by Crippen LogP contribution is 2.29. The molecule has 1 amide bonds. The number of halogens is 1. The molecule has 1 aliphatic heterocycles. The van der Waals surface area contributed by atoms with E-state index in [1.54, 1.807) is 12.4 Å². The first-order chi connectivity index (χ1) is 12.5. The fraction of sp³-hybridized carbons (Fsp3) is 0.421. The van der Waals surface area contributed by atoms with E-state index in [1.165, 1.54) is 0 Å². The third-order valence-electron chi connectivity index (χ3n) is 4.67. The van der Waals surface area contributed by atoms with Gasteiger partial charge in [-0.1, -0.05) is 24.6 Å². The average molecular weight is 374 g/mol. The SMILES string of the molecule is CCN1CCN(C(=O)c2cnc(Nc3c(C)cc(C)cc3Cl)nc2)CC1. The van der Waals surface area contributed by atoms with Crippen molar-refractivity contribution in [2.75, 3.05) is 38.0 Å². The Morgan fingerprint density at radius 1 is 1.15 bits per heavy atom. The fourth-order valence-corrected chi connectivity index (χ4v) is 3.51. The smallest absolute Gasteiger partial charge is 0.257 e. The summed E-state index contributed by atoms with van der Waals surface area (Å²) >= 11 is 6.31. The molecular formula is C19H24ClN5O. The number of anilines is 2. The van der Waals surface area contributed by atoms with Gasteiger partial charge < -0.3 is 15.1 Å². The van der Waals surface area contributed by atoms with Gasteiger partial charge in [-0.05, 0) is 37.6 Å². The summed E-state index contributed by atoms with van der Waals surface area (Å²) in [5.74, 6) is 0.406. The zero-order valence-corrected chi connectivity index (χ0v) is 16.2. The number of benzene rings is 1. The monoisotopic (exact) mass is 373 g/mol. The molecule has 6 nitrogen and oxygen atoms in total. The van der Waals surface area contributed by atoms with Gasteiger partial charge in [0, 0.05) is 38.6 Å². The number of piperazine rings is 1. The molecule has 1 aromatic carbocycles. The van der Waals surface area contributed by atoms with Crippen LogP contribution < -0.4 is 5.32 Å². The average Bonchev–Trinajstić information content (AvgIpc) is 2.64. The van der Waals surface area contributed by atoms with Crippen LogP contribution in [0.3, 0.4) is 0 Å². The Labute approximate surface area is 159 Å². The number of carbonyl (C=O) groups excluding carboxylic acids is 1. The van der Waals surface area contributed by atoms with E-state index in [2.05, 4.69) is 27.1 Å². The van der Waals surface area contributed by atoms with Crippen molar-refractivity contribution in [3.05, 3.63) is 46.2 Å². The van der Waals surface area contributed by atoms with E-state index in [4.69, 9.17) is 11.6 Å². The van der Waals surface area contributed by atoms with Gasteiger partial charge in [-0.15, -0.1) is 0 Å². The van der Waals surface area contributed by atoms with E-state index in [1.807, 2.05) is 30.9 Å². The van der Waals surface area contributed by atoms with E-state index in [9.17, 15) is 4.79 Å². The zero-order valence-electron chi connectivity index (χ0n) is 15.4. The molecule has 0 spiro atoms. The van der Waals surface area contributed by atoms with Crippen LogP contribution in [0.1, 0.15) is 28.4 Å². The van der Waals surface area contributed by atoms with Gasteiger partial charge in [0.25, 0.3) is 5.91 Å². The summed E-state index contributed by atoms with van der Waals surface area (Å²) < 4.78 is 0. The maximum atomic E-state index is 12.6. The van der Waals surface area contributed by atoms with E-state index in [-0.39, 0.29) is 5.91 Å². The summed E-state index contributed by atoms with van der Waals surface area (Å²) in [7, 11) is 0. The second kappa shape index (κ2) is 8.01. The van der Waals surface area contributed by atoms with Crippen molar-refractivity contribution >= 4 is 29.1 Å². The van der Waals surface area contributed by atoms with Crippen LogP contribution in [-0.4, -0.2) is 58.4 Å². The molecular weight excluding hydrogens is 350 g/mol. The van der Waals surface area contributed by atoms with Gasteiger partial charge in [-0.2, -0.15) is 0 Å². The second-order valence-electron chi connectivity index (χ2n) is 6.59. The number of hydrogen-bond donors (Lipinski definition) is 1. The number of carbonyl (C=O) groups is 1. The molecule has 0 radical (unpaired) electrons. The molecule has 0 aliphatic carbocycles. The predicted molar refractivity (Wildman–Crippen MR) is 104 cm³/mol. The summed E-state index contributed by atoms with van der Waals surface area (Å²) in [5.41, 5.74) is 3.41. The van der Waals surface area contributed by atoms with Crippen molar-refractivity contribution in [2.45, 2.75) is 20.8 Å². The molecule has 0 atom stereocenters. The van der Waals surface area contributed by atoms with Crippen LogP contribution >= 0.6 is 11.6 Å². The molecule has 1 N–H and O–H groups in total. The van der Waals surface area contributed by atoms with Crippen LogP contribution in [0.4, 0.5) is 11.6 Å². The lowest BCUT2D eigenvalue weighted by atomic mass is 10.1. The van der Waals surface area contributed by atoms with Crippen LogP contribution in [-0.2, 0) is 0 Å². The minimum absolute atomic E-state index is 0.0168. The Morgan fingerprint density at radius 2 is 1.81 bits per heavy atom. The van der Waals surface area contributed by atoms with E-state index >= 15 is 0 Å². The van der Waals surface area contributed by atoms with Crippen molar-refractivity contribution in [3.8, 4) is 0 Å². The third-order valence-corrected chi connectivity index (χ3v) is 4.97. The van der Waals surface area contributed by atoms with Crippen LogP contribution in [0.25, 0.3) is 0 Å². The molecule has 2 aromatic rings. The van der Waals surface area contributed by atoms with E-state index in [0.717, 1.165) is 49.5 Å². The summed E-state index contributed by atoms with van der Waals surface area (Å²) in [5, 5.41) is 3.77. The Hall–Kier alpha value is -2.18. The van der Waals surface area contributed by atoms with Gasteiger partial charge in [0.05, 0.1) is 16.3 Å². The Kier molecular flexibility index (Phi) is 5.74. The van der Waals surface area contributed by atoms with Crippen molar-refractivity contribution < 1.29 is 4.79 Å². The molecule has 0 saturated carbocycles. The number of aromatic nitrogens is 2. The van der Waals surface area contributed by atoms with Crippen molar-refractivity contribution in [3.63, 3.8) is 0 Å². The molecule has 1 fully saturated rings. The predicted octanol–water partition coefficient (Wildman–Crippen LogP) is 3.27. The number of hydrogen-bond acceptors (Lipinski definition) is 5. The lowest BCUT2D eigenvalue weighted by molar-refractivity contribution is 0.0642. The van der Waals surface area contributed by atoms with Gasteiger partial charge in [-0.3, -0.25) is 4.79 Å². The number of nitrogens with zero attached hydrogens (tertiary/aromatic N) is 4. The molecule has 0 unspecified atom stereocenters. The number of nitrogens with one attached hydrogen (secondary N) is 1. The van der Waals surface area contributed by atoms with E-state index < -0.39 is 0 Å². The van der Waals surface area contributed by atoms with Gasteiger partial charge in [0.15, 0.2) is 0 Å². The van der Waals surface area contributed by atoms with Crippen molar-refractivity contribution in [1.82, 2.24) is 19.8 Å². The fourth-order valence-electron chi connectivity index (χ4n) is 3.14. The minimum Gasteiger partial charge on any atom is -0.336 e. The highest BCUT2D eigenvalue weighted by atomic mass is 35.5. The normalized spacial score (nSPS) is 15.2. The van der Waals surface area contributed by atoms with Gasteiger partial charge in [0.2, 0.25) is 5.95 Å². The molecule has 1 saturated heterocycles. The molecule has 0 bridgehead atoms. The van der Waals surface area contributed by atoms with Crippen molar-refractivity contribution in [1.29, 1.82) is 0 Å². The minimum atomic E-state index is -0.0168. The Bertz CT molecular complexity index is 762. The highest BCUT2D eigenvalue weighted by molar-refractivity contribution is 6.33. The molecule has 1 aliphatic rings. The lowest BCUT2D eigenvalue weighted by Crippen LogP contribution is -2.48. The van der Waals surface area contributed by atoms with Gasteiger partial charge >= 0.3 is 0 Å². The van der Waals surface area contributed by atoms with Crippen LogP contribution in [0, 0.1) is 13.8 Å². The maximum absolute atomic E-state index is 12.6. The Morgan fingerprint density at radius 3 is 2.38 bits per heavy atom. The molecule has 2 heterocycles. The first-order valence-electron chi connectivity index (χ1n) is 8.85. The molecule has 1 aromatic heterocycles. The summed E-state index contributed by atoms with van der Waals surface area (Å²) in [4.78, 5) is 25.4. The summed E-state index contributed by atoms with van der Waals surface area (Å²) in [6, 6.07) is 3.94. The van der Waals surface area contributed by atoms with Crippen LogP contribution in [0.5, 0.6) is 0 Å². The number of likely N-dealkylation sites (N-methyl/N-ethyl adjacent to an activating group) is 1. The molecule has 7 heteroatoms. The first kappa shape index (κ1) is 18.6.